The Morgan fingerprint density at radius 1 is 1.04 bits per heavy atom. The van der Waals surface area contributed by atoms with Gasteiger partial charge in [0.2, 0.25) is 5.91 Å². The topological polar surface area (TPSA) is 75.4 Å². The van der Waals surface area contributed by atoms with Gasteiger partial charge in [0.15, 0.2) is 5.65 Å². The van der Waals surface area contributed by atoms with Crippen molar-refractivity contribution in [1.29, 1.82) is 0 Å². The highest BCUT2D eigenvalue weighted by Gasteiger charge is 2.28. The lowest BCUT2D eigenvalue weighted by Gasteiger charge is -2.33. The third-order valence-corrected chi connectivity index (χ3v) is 5.72. The number of nitrogens with zero attached hydrogens (tertiary/aromatic N) is 5. The fraction of sp³-hybridized carbons (Fsp3) is 0.684. The molecule has 2 aliphatic rings. The molecule has 2 aromatic heterocycles. The van der Waals surface area contributed by atoms with Crippen molar-refractivity contribution >= 4 is 17.4 Å². The number of hydrogen-bond acceptors (Lipinski definition) is 5. The van der Waals surface area contributed by atoms with E-state index in [0.29, 0.717) is 6.04 Å². The molecule has 0 unspecified atom stereocenters. The van der Waals surface area contributed by atoms with Crippen molar-refractivity contribution in [1.82, 2.24) is 25.1 Å². The molecule has 1 amide bonds. The van der Waals surface area contributed by atoms with E-state index in [9.17, 15) is 4.79 Å². The molecule has 140 valence electrons. The molecular formula is C19H28N6O. The van der Waals surface area contributed by atoms with Crippen molar-refractivity contribution in [3.63, 3.8) is 0 Å². The van der Waals surface area contributed by atoms with Gasteiger partial charge in [0.1, 0.15) is 12.1 Å². The van der Waals surface area contributed by atoms with Gasteiger partial charge in [-0.15, -0.1) is 15.3 Å². The van der Waals surface area contributed by atoms with Crippen LogP contribution in [0.4, 0.5) is 5.82 Å². The number of carbonyl (C=O) groups excluding carboxylic acids is 1. The van der Waals surface area contributed by atoms with Crippen LogP contribution in [0.1, 0.15) is 57.8 Å². The molecule has 1 saturated heterocycles. The maximum absolute atomic E-state index is 12.8. The second kappa shape index (κ2) is 8.01. The molecule has 7 heteroatoms. The van der Waals surface area contributed by atoms with Gasteiger partial charge >= 0.3 is 0 Å². The number of rotatable bonds is 3. The molecule has 1 N–H and O–H groups in total. The smallest absolute Gasteiger partial charge is 0.225 e. The Morgan fingerprint density at radius 2 is 1.85 bits per heavy atom. The van der Waals surface area contributed by atoms with E-state index in [0.717, 1.165) is 50.2 Å². The summed E-state index contributed by atoms with van der Waals surface area (Å²) < 4.78 is 1.69. The lowest BCUT2D eigenvalue weighted by atomic mass is 9.94. The first-order chi connectivity index (χ1) is 12.8. The first-order valence-corrected chi connectivity index (χ1v) is 10.0. The Kier molecular flexibility index (Phi) is 5.32. The quantitative estimate of drug-likeness (QED) is 0.915. The maximum Gasteiger partial charge on any atom is 0.225 e. The molecular weight excluding hydrogens is 328 g/mol. The number of nitrogens with one attached hydrogen (secondary N) is 1. The zero-order valence-corrected chi connectivity index (χ0v) is 15.3. The van der Waals surface area contributed by atoms with Crippen molar-refractivity contribution < 1.29 is 4.79 Å². The summed E-state index contributed by atoms with van der Waals surface area (Å²) in [7, 11) is 0. The first-order valence-electron chi connectivity index (χ1n) is 10.0. The number of anilines is 1. The third kappa shape index (κ3) is 3.97. The highest BCUT2D eigenvalue weighted by Crippen LogP contribution is 2.23. The summed E-state index contributed by atoms with van der Waals surface area (Å²) >= 11 is 0. The standard InChI is InChI=1S/C19H28N6O/c26-19(21-16-8-4-2-1-3-5-9-16)15-7-6-12-24(13-15)18-11-10-17-22-20-14-25(17)23-18/h10-11,14-16H,1-9,12-13H2,(H,21,26)/t15-/m0/s1. The van der Waals surface area contributed by atoms with Crippen molar-refractivity contribution in [3.8, 4) is 0 Å². The van der Waals surface area contributed by atoms with Crippen LogP contribution in [0.3, 0.4) is 0 Å². The molecule has 0 radical (unpaired) electrons. The summed E-state index contributed by atoms with van der Waals surface area (Å²) in [6.07, 6.45) is 12.3. The van der Waals surface area contributed by atoms with Crippen molar-refractivity contribution in [2.45, 2.75) is 63.8 Å². The van der Waals surface area contributed by atoms with Crippen LogP contribution < -0.4 is 10.2 Å². The molecule has 3 heterocycles. The zero-order valence-electron chi connectivity index (χ0n) is 15.3. The van der Waals surface area contributed by atoms with E-state index in [2.05, 4.69) is 25.5 Å². The van der Waals surface area contributed by atoms with E-state index in [4.69, 9.17) is 0 Å². The van der Waals surface area contributed by atoms with Gasteiger partial charge in [-0.3, -0.25) is 4.79 Å². The van der Waals surface area contributed by atoms with Crippen LogP contribution in [0.5, 0.6) is 0 Å². The number of fused-ring (bicyclic) bond motifs is 1. The molecule has 0 aromatic carbocycles. The summed E-state index contributed by atoms with van der Waals surface area (Å²) in [5.74, 6) is 1.17. The van der Waals surface area contributed by atoms with Gasteiger partial charge in [-0.2, -0.15) is 4.52 Å². The molecule has 1 atom stereocenters. The summed E-state index contributed by atoms with van der Waals surface area (Å²) in [5, 5.41) is 15.8. The van der Waals surface area contributed by atoms with Crippen LogP contribution in [-0.2, 0) is 4.79 Å². The van der Waals surface area contributed by atoms with Gasteiger partial charge in [-0.1, -0.05) is 32.1 Å². The van der Waals surface area contributed by atoms with E-state index in [1.54, 1.807) is 10.8 Å². The van der Waals surface area contributed by atoms with Gasteiger partial charge in [-0.25, -0.2) is 0 Å². The summed E-state index contributed by atoms with van der Waals surface area (Å²) in [6, 6.07) is 4.26. The van der Waals surface area contributed by atoms with Crippen LogP contribution >= 0.6 is 0 Å². The van der Waals surface area contributed by atoms with E-state index in [-0.39, 0.29) is 11.8 Å². The molecule has 1 aliphatic heterocycles. The lowest BCUT2D eigenvalue weighted by molar-refractivity contribution is -0.126. The molecule has 7 nitrogen and oxygen atoms in total. The number of hydrogen-bond donors (Lipinski definition) is 1. The monoisotopic (exact) mass is 356 g/mol. The number of amides is 1. The second-order valence-corrected chi connectivity index (χ2v) is 7.66. The Bertz CT molecular complexity index is 736. The van der Waals surface area contributed by atoms with Crippen LogP contribution in [0.15, 0.2) is 18.5 Å². The SMILES string of the molecule is O=C(NC1CCCCCCC1)[C@H]1CCCN(c2ccc3nncn3n2)C1. The fourth-order valence-corrected chi connectivity index (χ4v) is 4.21. The van der Waals surface area contributed by atoms with Crippen molar-refractivity contribution in [2.24, 2.45) is 5.92 Å². The minimum absolute atomic E-state index is 0.0487. The highest BCUT2D eigenvalue weighted by molar-refractivity contribution is 5.79. The van der Waals surface area contributed by atoms with E-state index in [1.165, 1.54) is 32.1 Å². The molecule has 2 fully saturated rings. The number of aromatic nitrogens is 4. The molecule has 0 bridgehead atoms. The van der Waals surface area contributed by atoms with E-state index < -0.39 is 0 Å². The van der Waals surface area contributed by atoms with Gasteiger partial charge < -0.3 is 10.2 Å². The molecule has 1 saturated carbocycles. The minimum Gasteiger partial charge on any atom is -0.354 e. The molecule has 4 rings (SSSR count). The summed E-state index contributed by atoms with van der Waals surface area (Å²) in [4.78, 5) is 15.0. The van der Waals surface area contributed by atoms with Crippen LogP contribution in [0.2, 0.25) is 0 Å². The molecule has 2 aromatic rings. The highest BCUT2D eigenvalue weighted by atomic mass is 16.2. The Morgan fingerprint density at radius 3 is 2.69 bits per heavy atom. The summed E-state index contributed by atoms with van der Waals surface area (Å²) in [5.41, 5.74) is 0.740. The Hall–Kier alpha value is -2.18. The Balaban J connectivity index is 1.38. The second-order valence-electron chi connectivity index (χ2n) is 7.66. The van der Waals surface area contributed by atoms with Gasteiger partial charge in [0.25, 0.3) is 0 Å². The summed E-state index contributed by atoms with van der Waals surface area (Å²) in [6.45, 7) is 1.67. The fourth-order valence-electron chi connectivity index (χ4n) is 4.21. The van der Waals surface area contributed by atoms with Crippen molar-refractivity contribution in [3.05, 3.63) is 18.5 Å². The maximum atomic E-state index is 12.8. The number of carbonyl (C=O) groups is 1. The van der Waals surface area contributed by atoms with Gasteiger partial charge in [0.05, 0.1) is 5.92 Å². The molecule has 1 aliphatic carbocycles. The van der Waals surface area contributed by atoms with Gasteiger partial charge in [-0.05, 0) is 37.8 Å². The predicted octanol–water partition coefficient (Wildman–Crippen LogP) is 2.57. The zero-order chi connectivity index (χ0) is 17.8. The van der Waals surface area contributed by atoms with Crippen LogP contribution in [-0.4, -0.2) is 44.8 Å². The molecule has 26 heavy (non-hydrogen) atoms. The van der Waals surface area contributed by atoms with Crippen molar-refractivity contribution in [2.75, 3.05) is 18.0 Å². The average molecular weight is 356 g/mol. The largest absolute Gasteiger partial charge is 0.354 e. The predicted molar refractivity (Wildman–Crippen MR) is 100.0 cm³/mol. The average Bonchev–Trinajstić information content (AvgIpc) is 3.11. The lowest BCUT2D eigenvalue weighted by Crippen LogP contribution is -2.46. The Labute approximate surface area is 154 Å². The van der Waals surface area contributed by atoms with Crippen LogP contribution in [0, 0.1) is 5.92 Å². The van der Waals surface area contributed by atoms with E-state index in [1.807, 2.05) is 12.1 Å². The minimum atomic E-state index is 0.0487. The van der Waals surface area contributed by atoms with E-state index >= 15 is 0 Å². The first kappa shape index (κ1) is 17.2. The van der Waals surface area contributed by atoms with Gasteiger partial charge in [0, 0.05) is 19.1 Å². The van der Waals surface area contributed by atoms with Crippen LogP contribution in [0.25, 0.3) is 5.65 Å². The number of piperidine rings is 1. The normalized spacial score (nSPS) is 22.8. The molecule has 0 spiro atoms. The third-order valence-electron chi connectivity index (χ3n) is 5.72.